The molecule has 1 unspecified atom stereocenters. The summed E-state index contributed by atoms with van der Waals surface area (Å²) in [6.07, 6.45) is 6.87. The number of benzene rings is 1. The minimum absolute atomic E-state index is 0.251. The van der Waals surface area contributed by atoms with E-state index in [4.69, 9.17) is 10.6 Å². The fourth-order valence-corrected chi connectivity index (χ4v) is 2.35. The molecule has 0 saturated heterocycles. The molecular formula is C16H24N4O. The van der Waals surface area contributed by atoms with Gasteiger partial charge in [-0.1, -0.05) is 12.1 Å². The Balaban J connectivity index is 1.86. The number of ether oxygens (including phenoxy) is 1. The minimum atomic E-state index is 0.251. The molecule has 0 radical (unpaired) electrons. The van der Waals surface area contributed by atoms with Crippen LogP contribution in [0.25, 0.3) is 0 Å². The third-order valence-corrected chi connectivity index (χ3v) is 3.67. The molecule has 1 atom stereocenters. The van der Waals surface area contributed by atoms with Crippen molar-refractivity contribution in [3.8, 4) is 5.75 Å². The molecule has 2 aromatic rings. The first-order valence-corrected chi connectivity index (χ1v) is 7.35. The number of methoxy groups -OCH3 is 1. The maximum absolute atomic E-state index is 5.67. The second kappa shape index (κ2) is 7.81. The number of nitrogens with one attached hydrogen (secondary N) is 1. The summed E-state index contributed by atoms with van der Waals surface area (Å²) in [5, 5.41) is 4.29. The highest BCUT2D eigenvalue weighted by atomic mass is 16.5. The highest BCUT2D eigenvalue weighted by Crippen LogP contribution is 2.14. The average molecular weight is 288 g/mol. The second-order valence-electron chi connectivity index (χ2n) is 5.16. The molecule has 0 saturated carbocycles. The van der Waals surface area contributed by atoms with E-state index in [1.165, 1.54) is 11.1 Å². The fourth-order valence-electron chi connectivity index (χ4n) is 2.35. The van der Waals surface area contributed by atoms with Crippen molar-refractivity contribution in [1.82, 2.24) is 15.2 Å². The van der Waals surface area contributed by atoms with E-state index < -0.39 is 0 Å². The van der Waals surface area contributed by atoms with E-state index in [1.54, 1.807) is 7.11 Å². The Morgan fingerprint density at radius 3 is 2.62 bits per heavy atom. The van der Waals surface area contributed by atoms with Crippen LogP contribution in [0.5, 0.6) is 5.75 Å². The topological polar surface area (TPSA) is 65.1 Å². The summed E-state index contributed by atoms with van der Waals surface area (Å²) < 4.78 is 7.10. The van der Waals surface area contributed by atoms with Gasteiger partial charge in [-0.05, 0) is 49.4 Å². The Labute approximate surface area is 126 Å². The molecule has 0 amide bonds. The SMILES string of the molecule is CCn1cc(CC(CCc2ccc(OC)cc2)NN)cn1. The molecule has 1 aromatic heterocycles. The zero-order chi connectivity index (χ0) is 15.1. The number of aryl methyl sites for hydroxylation is 2. The van der Waals surface area contributed by atoms with Gasteiger partial charge in [-0.3, -0.25) is 16.0 Å². The summed E-state index contributed by atoms with van der Waals surface area (Å²) in [6.45, 7) is 2.98. The van der Waals surface area contributed by atoms with Crippen LogP contribution in [0.1, 0.15) is 24.5 Å². The Kier molecular flexibility index (Phi) is 5.78. The lowest BCUT2D eigenvalue weighted by Gasteiger charge is -2.15. The lowest BCUT2D eigenvalue weighted by atomic mass is 10.0. The monoisotopic (exact) mass is 288 g/mol. The highest BCUT2D eigenvalue weighted by Gasteiger charge is 2.09. The van der Waals surface area contributed by atoms with Crippen LogP contribution in [0.3, 0.4) is 0 Å². The van der Waals surface area contributed by atoms with E-state index in [1.807, 2.05) is 23.0 Å². The van der Waals surface area contributed by atoms with Crippen LogP contribution in [0.2, 0.25) is 0 Å². The first kappa shape index (κ1) is 15.5. The zero-order valence-corrected chi connectivity index (χ0v) is 12.7. The highest BCUT2D eigenvalue weighted by molar-refractivity contribution is 5.27. The number of nitrogens with zero attached hydrogens (tertiary/aromatic N) is 2. The van der Waals surface area contributed by atoms with Gasteiger partial charge in [-0.15, -0.1) is 0 Å². The van der Waals surface area contributed by atoms with Gasteiger partial charge in [0, 0.05) is 18.8 Å². The van der Waals surface area contributed by atoms with Crippen LogP contribution in [0.4, 0.5) is 0 Å². The molecule has 0 bridgehead atoms. The predicted octanol–water partition coefficient (Wildman–Crippen LogP) is 1.92. The molecule has 5 heteroatoms. The lowest BCUT2D eigenvalue weighted by Crippen LogP contribution is -2.37. The van der Waals surface area contributed by atoms with Gasteiger partial charge in [-0.25, -0.2) is 0 Å². The number of hydrogen-bond donors (Lipinski definition) is 2. The van der Waals surface area contributed by atoms with Crippen LogP contribution < -0.4 is 16.0 Å². The smallest absolute Gasteiger partial charge is 0.118 e. The van der Waals surface area contributed by atoms with Gasteiger partial charge >= 0.3 is 0 Å². The Hall–Kier alpha value is -1.85. The number of hydrazine groups is 1. The van der Waals surface area contributed by atoms with Crippen molar-refractivity contribution in [3.05, 3.63) is 47.8 Å². The fraction of sp³-hybridized carbons (Fsp3) is 0.438. The van der Waals surface area contributed by atoms with Crippen molar-refractivity contribution in [2.75, 3.05) is 7.11 Å². The summed E-state index contributed by atoms with van der Waals surface area (Å²) in [7, 11) is 1.68. The molecule has 114 valence electrons. The molecule has 3 N–H and O–H groups in total. The van der Waals surface area contributed by atoms with E-state index >= 15 is 0 Å². The van der Waals surface area contributed by atoms with Crippen molar-refractivity contribution in [2.45, 2.75) is 38.8 Å². The Morgan fingerprint density at radius 2 is 2.05 bits per heavy atom. The molecule has 0 aliphatic heterocycles. The number of nitrogens with two attached hydrogens (primary N) is 1. The summed E-state index contributed by atoms with van der Waals surface area (Å²) in [6, 6.07) is 8.43. The largest absolute Gasteiger partial charge is 0.497 e. The van der Waals surface area contributed by atoms with E-state index in [-0.39, 0.29) is 6.04 Å². The Morgan fingerprint density at radius 1 is 1.29 bits per heavy atom. The number of rotatable bonds is 8. The van der Waals surface area contributed by atoms with Crippen LogP contribution in [-0.2, 0) is 19.4 Å². The molecule has 1 heterocycles. The van der Waals surface area contributed by atoms with Gasteiger partial charge in [-0.2, -0.15) is 5.10 Å². The van der Waals surface area contributed by atoms with E-state index in [2.05, 4.69) is 35.8 Å². The summed E-state index contributed by atoms with van der Waals surface area (Å²) in [5.74, 6) is 6.56. The number of aromatic nitrogens is 2. The van der Waals surface area contributed by atoms with Crippen molar-refractivity contribution < 1.29 is 4.74 Å². The van der Waals surface area contributed by atoms with E-state index in [9.17, 15) is 0 Å². The summed E-state index contributed by atoms with van der Waals surface area (Å²) >= 11 is 0. The van der Waals surface area contributed by atoms with Gasteiger partial charge in [0.25, 0.3) is 0 Å². The third kappa shape index (κ3) is 4.58. The van der Waals surface area contributed by atoms with E-state index in [0.29, 0.717) is 0 Å². The van der Waals surface area contributed by atoms with Crippen molar-refractivity contribution in [2.24, 2.45) is 5.84 Å². The Bertz CT molecular complexity index is 535. The molecule has 0 aliphatic rings. The quantitative estimate of drug-likeness (QED) is 0.575. The maximum atomic E-state index is 5.67. The van der Waals surface area contributed by atoms with Gasteiger partial charge in [0.15, 0.2) is 0 Å². The average Bonchev–Trinajstić information content (AvgIpc) is 2.99. The predicted molar refractivity (Wildman–Crippen MR) is 84.0 cm³/mol. The molecule has 21 heavy (non-hydrogen) atoms. The van der Waals surface area contributed by atoms with Crippen molar-refractivity contribution >= 4 is 0 Å². The molecular weight excluding hydrogens is 264 g/mol. The van der Waals surface area contributed by atoms with Crippen molar-refractivity contribution in [3.63, 3.8) is 0 Å². The molecule has 2 rings (SSSR count). The lowest BCUT2D eigenvalue weighted by molar-refractivity contribution is 0.414. The number of hydrogen-bond acceptors (Lipinski definition) is 4. The molecule has 1 aromatic carbocycles. The van der Waals surface area contributed by atoms with Gasteiger partial charge in [0.2, 0.25) is 0 Å². The second-order valence-corrected chi connectivity index (χ2v) is 5.16. The molecule has 5 nitrogen and oxygen atoms in total. The molecule has 0 spiro atoms. The van der Waals surface area contributed by atoms with E-state index in [0.717, 1.165) is 31.6 Å². The van der Waals surface area contributed by atoms with Gasteiger partial charge in [0.1, 0.15) is 5.75 Å². The first-order valence-electron chi connectivity index (χ1n) is 7.35. The molecule has 0 aliphatic carbocycles. The van der Waals surface area contributed by atoms with Gasteiger partial charge in [0.05, 0.1) is 13.3 Å². The van der Waals surface area contributed by atoms with Crippen LogP contribution in [0.15, 0.2) is 36.7 Å². The summed E-state index contributed by atoms with van der Waals surface area (Å²) in [5.41, 5.74) is 5.42. The van der Waals surface area contributed by atoms with Gasteiger partial charge < -0.3 is 4.74 Å². The zero-order valence-electron chi connectivity index (χ0n) is 12.7. The van der Waals surface area contributed by atoms with Crippen LogP contribution >= 0.6 is 0 Å². The maximum Gasteiger partial charge on any atom is 0.118 e. The minimum Gasteiger partial charge on any atom is -0.497 e. The van der Waals surface area contributed by atoms with Crippen LogP contribution in [-0.4, -0.2) is 22.9 Å². The normalized spacial score (nSPS) is 12.3. The molecule has 0 fully saturated rings. The third-order valence-electron chi connectivity index (χ3n) is 3.67. The van der Waals surface area contributed by atoms with Crippen LogP contribution in [0, 0.1) is 0 Å². The van der Waals surface area contributed by atoms with Crippen molar-refractivity contribution in [1.29, 1.82) is 0 Å². The summed E-state index contributed by atoms with van der Waals surface area (Å²) in [4.78, 5) is 0. The standard InChI is InChI=1S/C16H24N4O/c1-3-20-12-14(11-18-20)10-15(19-17)7-4-13-5-8-16(21-2)9-6-13/h5-6,8-9,11-12,15,19H,3-4,7,10,17H2,1-2H3. The first-order chi connectivity index (χ1) is 10.2.